The van der Waals surface area contributed by atoms with Crippen molar-refractivity contribution in [3.05, 3.63) is 23.8 Å². The molecule has 0 aromatic heterocycles. The van der Waals surface area contributed by atoms with Crippen LogP contribution in [0.3, 0.4) is 0 Å². The molecule has 23 heavy (non-hydrogen) atoms. The summed E-state index contributed by atoms with van der Waals surface area (Å²) >= 11 is 0. The van der Waals surface area contributed by atoms with E-state index in [2.05, 4.69) is 6.92 Å². The number of ether oxygens (including phenoxy) is 2. The summed E-state index contributed by atoms with van der Waals surface area (Å²) < 4.78 is 10.2. The Labute approximate surface area is 139 Å². The Bertz CT molecular complexity index is 482. The van der Waals surface area contributed by atoms with Gasteiger partial charge in [-0.15, -0.1) is 0 Å². The van der Waals surface area contributed by atoms with Crippen LogP contribution in [0.25, 0.3) is 0 Å². The van der Waals surface area contributed by atoms with Gasteiger partial charge in [-0.2, -0.15) is 0 Å². The molecule has 0 aliphatic heterocycles. The van der Waals surface area contributed by atoms with Crippen LogP contribution < -0.4 is 9.47 Å². The summed E-state index contributed by atoms with van der Waals surface area (Å²) in [5, 5.41) is 0. The van der Waals surface area contributed by atoms with E-state index in [1.54, 1.807) is 12.1 Å². The minimum Gasteiger partial charge on any atom is -0.428 e. The molecule has 0 bridgehead atoms. The maximum atomic E-state index is 11.8. The molecule has 0 N–H and O–H groups in total. The molecule has 0 heterocycles. The number of benzene rings is 1. The highest BCUT2D eigenvalue weighted by molar-refractivity contribution is 5.72. The van der Waals surface area contributed by atoms with Crippen LogP contribution in [0.15, 0.2) is 18.2 Å². The number of unbranched alkanes of at least 4 members (excludes halogenated alkanes) is 6. The fraction of sp³-hybridized carbons (Fsp3) is 0.579. The highest BCUT2D eigenvalue weighted by atomic mass is 16.5. The van der Waals surface area contributed by atoms with Gasteiger partial charge in [0.05, 0.1) is 0 Å². The van der Waals surface area contributed by atoms with Gasteiger partial charge >= 0.3 is 5.97 Å². The zero-order valence-corrected chi connectivity index (χ0v) is 14.3. The van der Waals surface area contributed by atoms with E-state index in [-0.39, 0.29) is 5.97 Å². The molecule has 128 valence electrons. The molecule has 1 aromatic rings. The van der Waals surface area contributed by atoms with Crippen molar-refractivity contribution < 1.29 is 19.1 Å². The third-order valence-electron chi connectivity index (χ3n) is 3.81. The fourth-order valence-electron chi connectivity index (χ4n) is 2.46. The lowest BCUT2D eigenvalue weighted by atomic mass is 10.1. The maximum absolute atomic E-state index is 11.8. The summed E-state index contributed by atoms with van der Waals surface area (Å²) in [7, 11) is 0. The Hall–Kier alpha value is -1.84. The van der Waals surface area contributed by atoms with Crippen LogP contribution in [0.5, 0.6) is 11.5 Å². The number of aryl methyl sites for hydroxylation is 1. The summed E-state index contributed by atoms with van der Waals surface area (Å²) in [4.78, 5) is 22.4. The minimum absolute atomic E-state index is 0.236. The highest BCUT2D eigenvalue weighted by Gasteiger charge is 2.09. The third kappa shape index (κ3) is 7.82. The molecule has 0 unspecified atom stereocenters. The van der Waals surface area contributed by atoms with E-state index in [1.165, 1.54) is 32.1 Å². The minimum atomic E-state index is -0.236. The Kier molecular flexibility index (Phi) is 9.76. The molecule has 0 saturated carbocycles. The number of carbonyl (C=O) groups is 2. The van der Waals surface area contributed by atoms with Crippen molar-refractivity contribution in [2.75, 3.05) is 0 Å². The van der Waals surface area contributed by atoms with E-state index < -0.39 is 0 Å². The first-order valence-corrected chi connectivity index (χ1v) is 8.65. The second-order valence-electron chi connectivity index (χ2n) is 5.68. The van der Waals surface area contributed by atoms with Gasteiger partial charge < -0.3 is 9.47 Å². The zero-order valence-electron chi connectivity index (χ0n) is 14.3. The number of hydrogen-bond donors (Lipinski definition) is 0. The maximum Gasteiger partial charge on any atom is 0.311 e. The largest absolute Gasteiger partial charge is 0.428 e. The van der Waals surface area contributed by atoms with Gasteiger partial charge in [0.1, 0.15) is 11.5 Å². The molecule has 0 fully saturated rings. The third-order valence-corrected chi connectivity index (χ3v) is 3.81. The molecular formula is C19H28O4. The first kappa shape index (κ1) is 19.2. The number of esters is 1. The van der Waals surface area contributed by atoms with E-state index in [0.29, 0.717) is 24.4 Å². The first-order valence-electron chi connectivity index (χ1n) is 8.65. The van der Waals surface area contributed by atoms with Crippen LogP contribution in [0.2, 0.25) is 0 Å². The van der Waals surface area contributed by atoms with E-state index in [1.807, 2.05) is 13.0 Å². The molecule has 4 heteroatoms. The summed E-state index contributed by atoms with van der Waals surface area (Å²) in [5.41, 5.74) is 0.906. The summed E-state index contributed by atoms with van der Waals surface area (Å²) in [5.74, 6) is 0.635. The molecule has 0 radical (unpaired) electrons. The average Bonchev–Trinajstić information content (AvgIpc) is 2.54. The van der Waals surface area contributed by atoms with Gasteiger partial charge in [-0.25, -0.2) is 0 Å². The lowest BCUT2D eigenvalue weighted by molar-refractivity contribution is -0.134. The highest BCUT2D eigenvalue weighted by Crippen LogP contribution is 2.25. The standard InChI is InChI=1S/C19H28O4/c1-3-5-6-7-8-9-10-11-19(21)23-17-13-12-16(4-2)18(14-17)22-15-20/h12-15H,3-11H2,1-2H3. The van der Waals surface area contributed by atoms with Crippen molar-refractivity contribution in [3.8, 4) is 11.5 Å². The summed E-state index contributed by atoms with van der Waals surface area (Å²) in [6, 6.07) is 5.14. The van der Waals surface area contributed by atoms with Crippen molar-refractivity contribution >= 4 is 12.4 Å². The molecule has 0 amide bonds. The predicted molar refractivity (Wildman–Crippen MR) is 90.8 cm³/mol. The van der Waals surface area contributed by atoms with Gasteiger partial charge in [0.25, 0.3) is 6.47 Å². The van der Waals surface area contributed by atoms with E-state index in [9.17, 15) is 9.59 Å². The quantitative estimate of drug-likeness (QED) is 0.239. The van der Waals surface area contributed by atoms with Crippen LogP contribution in [-0.4, -0.2) is 12.4 Å². The van der Waals surface area contributed by atoms with E-state index >= 15 is 0 Å². The molecular weight excluding hydrogens is 292 g/mol. The van der Waals surface area contributed by atoms with Crippen LogP contribution in [0.4, 0.5) is 0 Å². The molecule has 0 aliphatic rings. The van der Waals surface area contributed by atoms with Crippen molar-refractivity contribution in [2.45, 2.75) is 71.6 Å². The number of carbonyl (C=O) groups excluding carboxylic acids is 2. The predicted octanol–water partition coefficient (Wildman–Crippen LogP) is 4.83. The number of rotatable bonds is 12. The van der Waals surface area contributed by atoms with Crippen LogP contribution >= 0.6 is 0 Å². The monoisotopic (exact) mass is 320 g/mol. The van der Waals surface area contributed by atoms with Gasteiger partial charge in [-0.05, 0) is 24.5 Å². The van der Waals surface area contributed by atoms with Crippen molar-refractivity contribution in [1.29, 1.82) is 0 Å². The summed E-state index contributed by atoms with van der Waals surface area (Å²) in [6.45, 7) is 4.56. The van der Waals surface area contributed by atoms with Gasteiger partial charge in [0.15, 0.2) is 0 Å². The second kappa shape index (κ2) is 11.7. The average molecular weight is 320 g/mol. The van der Waals surface area contributed by atoms with Crippen LogP contribution in [-0.2, 0) is 16.0 Å². The van der Waals surface area contributed by atoms with E-state index in [4.69, 9.17) is 9.47 Å². The van der Waals surface area contributed by atoms with Gasteiger partial charge in [0, 0.05) is 12.5 Å². The Morgan fingerprint density at radius 3 is 2.39 bits per heavy atom. The molecule has 4 nitrogen and oxygen atoms in total. The van der Waals surface area contributed by atoms with Crippen molar-refractivity contribution in [1.82, 2.24) is 0 Å². The van der Waals surface area contributed by atoms with Gasteiger partial charge in [-0.1, -0.05) is 58.4 Å². The fourth-order valence-corrected chi connectivity index (χ4v) is 2.46. The van der Waals surface area contributed by atoms with Crippen molar-refractivity contribution in [3.63, 3.8) is 0 Å². The summed E-state index contributed by atoms with van der Waals surface area (Å²) in [6.07, 6.45) is 9.33. The van der Waals surface area contributed by atoms with E-state index in [0.717, 1.165) is 24.8 Å². The Balaban J connectivity index is 2.33. The molecule has 1 rings (SSSR count). The van der Waals surface area contributed by atoms with Gasteiger partial charge in [-0.3, -0.25) is 9.59 Å². The second-order valence-corrected chi connectivity index (χ2v) is 5.68. The molecule has 0 saturated heterocycles. The van der Waals surface area contributed by atoms with Crippen molar-refractivity contribution in [2.24, 2.45) is 0 Å². The lowest BCUT2D eigenvalue weighted by Crippen LogP contribution is -2.08. The molecule has 1 aromatic carbocycles. The van der Waals surface area contributed by atoms with Gasteiger partial charge in [0.2, 0.25) is 0 Å². The smallest absolute Gasteiger partial charge is 0.311 e. The molecule has 0 spiro atoms. The first-order chi connectivity index (χ1) is 11.2. The SMILES string of the molecule is CCCCCCCCCC(=O)Oc1ccc(CC)c(OC=O)c1. The Morgan fingerprint density at radius 2 is 1.74 bits per heavy atom. The normalized spacial score (nSPS) is 10.3. The molecule has 0 atom stereocenters. The lowest BCUT2D eigenvalue weighted by Gasteiger charge is -2.09. The topological polar surface area (TPSA) is 52.6 Å². The molecule has 0 aliphatic carbocycles. The Morgan fingerprint density at radius 1 is 1.04 bits per heavy atom. The zero-order chi connectivity index (χ0) is 16.9. The van der Waals surface area contributed by atoms with Crippen LogP contribution in [0.1, 0.15) is 70.8 Å². The van der Waals surface area contributed by atoms with Crippen LogP contribution in [0, 0.1) is 0 Å². The number of hydrogen-bond acceptors (Lipinski definition) is 4.